The Kier molecular flexibility index (Phi) is 9.95. The van der Waals surface area contributed by atoms with E-state index in [2.05, 4.69) is 93.6 Å². The Labute approximate surface area is 195 Å². The van der Waals surface area contributed by atoms with Crippen molar-refractivity contribution in [3.8, 4) is 0 Å². The Morgan fingerprint density at radius 3 is 0.903 bits per heavy atom. The minimum atomic E-state index is -1.54. The number of hydrogen-bond donors (Lipinski definition) is 0. The van der Waals surface area contributed by atoms with E-state index in [0.717, 1.165) is 0 Å². The summed E-state index contributed by atoms with van der Waals surface area (Å²) in [6.07, 6.45) is 11.2. The van der Waals surface area contributed by atoms with Crippen LogP contribution in [0.3, 0.4) is 0 Å². The average molecular weight is 475 g/mol. The van der Waals surface area contributed by atoms with Crippen LogP contribution in [0.4, 0.5) is 0 Å². The first kappa shape index (κ1) is 23.9. The summed E-state index contributed by atoms with van der Waals surface area (Å²) in [5.74, 6) is 0. The van der Waals surface area contributed by atoms with Gasteiger partial charge in [-0.2, -0.15) is 0 Å². The Bertz CT molecular complexity index is 753. The van der Waals surface area contributed by atoms with Crippen molar-refractivity contribution in [2.75, 3.05) is 0 Å². The van der Waals surface area contributed by atoms with Gasteiger partial charge in [0.05, 0.1) is 0 Å². The van der Waals surface area contributed by atoms with Crippen LogP contribution in [0.5, 0.6) is 0 Å². The normalized spacial score (nSPS) is 11.2. The second-order valence-corrected chi connectivity index (χ2v) is 13.3. The summed E-state index contributed by atoms with van der Waals surface area (Å²) < 4.78 is 4.61. The zero-order valence-electron chi connectivity index (χ0n) is 19.7. The number of rotatable bonds is 12. The molecule has 0 bridgehead atoms. The molecule has 31 heavy (non-hydrogen) atoms. The summed E-state index contributed by atoms with van der Waals surface area (Å²) in [6.45, 7) is 6.81. The van der Waals surface area contributed by atoms with Gasteiger partial charge in [0.15, 0.2) is 0 Å². The summed E-state index contributed by atoms with van der Waals surface area (Å²) in [4.78, 5) is 0. The molecule has 0 atom stereocenters. The zero-order valence-corrected chi connectivity index (χ0v) is 21.6. The Balaban J connectivity index is 1.90. The Morgan fingerprint density at radius 1 is 0.419 bits per heavy atom. The van der Waals surface area contributed by atoms with Gasteiger partial charge in [-0.15, -0.1) is 0 Å². The number of unbranched alkanes of at least 4 members (excludes halogenated alkanes) is 3. The topological polar surface area (TPSA) is 0 Å². The van der Waals surface area contributed by atoms with Crippen molar-refractivity contribution < 1.29 is 0 Å². The molecule has 0 spiro atoms. The van der Waals surface area contributed by atoms with Crippen molar-refractivity contribution in [1.82, 2.24) is 0 Å². The van der Waals surface area contributed by atoms with Gasteiger partial charge < -0.3 is 0 Å². The van der Waals surface area contributed by atoms with E-state index in [1.54, 1.807) is 0 Å². The third-order valence-electron chi connectivity index (χ3n) is 6.04. The molecule has 3 aromatic rings. The first-order valence-corrected chi connectivity index (χ1v) is 15.1. The molecule has 0 nitrogen and oxygen atoms in total. The van der Waals surface area contributed by atoms with Crippen LogP contribution in [0, 0.1) is 0 Å². The Hall–Kier alpha value is -1.78. The molecule has 0 aromatic heterocycles. The molecular weight excluding hydrogens is 435 g/mol. The van der Waals surface area contributed by atoms with E-state index in [0.29, 0.717) is 0 Å². The van der Waals surface area contributed by atoms with Crippen LogP contribution in [0.2, 0.25) is 0 Å². The van der Waals surface area contributed by atoms with E-state index in [4.69, 9.17) is 0 Å². The second kappa shape index (κ2) is 12.9. The average Bonchev–Trinajstić information content (AvgIpc) is 2.82. The van der Waals surface area contributed by atoms with E-state index >= 15 is 0 Å². The molecule has 0 unspecified atom stereocenters. The molecule has 0 fully saturated rings. The molecule has 0 aliphatic heterocycles. The Morgan fingerprint density at radius 2 is 0.677 bits per heavy atom. The fourth-order valence-electron chi connectivity index (χ4n) is 4.02. The van der Waals surface area contributed by atoms with Crippen LogP contribution in [-0.2, 0) is 19.3 Å². The van der Waals surface area contributed by atoms with E-state index in [1.165, 1.54) is 87.5 Å². The fraction of sp³-hybridized carbons (Fsp3) is 0.400. The quantitative estimate of drug-likeness (QED) is 0.273. The summed E-state index contributed by atoms with van der Waals surface area (Å²) in [7, 11) is 0. The summed E-state index contributed by atoms with van der Waals surface area (Å²) in [5, 5.41) is 0. The molecule has 0 radical (unpaired) electrons. The van der Waals surface area contributed by atoms with Gasteiger partial charge in [-0.05, 0) is 0 Å². The second-order valence-electron chi connectivity index (χ2n) is 8.65. The van der Waals surface area contributed by atoms with Gasteiger partial charge in [0.1, 0.15) is 0 Å². The van der Waals surface area contributed by atoms with Gasteiger partial charge in [0.2, 0.25) is 0 Å². The molecule has 1 heteroatoms. The van der Waals surface area contributed by atoms with Gasteiger partial charge in [0.25, 0.3) is 0 Å². The molecule has 0 aliphatic rings. The number of benzene rings is 3. The third-order valence-corrected chi connectivity index (χ3v) is 11.2. The van der Waals surface area contributed by atoms with Crippen LogP contribution in [0.1, 0.15) is 76.0 Å². The van der Waals surface area contributed by atoms with Crippen LogP contribution >= 0.6 is 0 Å². The van der Waals surface area contributed by atoms with E-state index in [-0.39, 0.29) is 0 Å². The molecule has 0 saturated heterocycles. The van der Waals surface area contributed by atoms with Gasteiger partial charge in [-0.3, -0.25) is 0 Å². The minimum absolute atomic E-state index is 1.20. The molecule has 0 aliphatic carbocycles. The van der Waals surface area contributed by atoms with Gasteiger partial charge in [-0.25, -0.2) is 0 Å². The van der Waals surface area contributed by atoms with Crippen LogP contribution in [-0.4, -0.2) is 14.7 Å². The first-order chi connectivity index (χ1) is 15.2. The van der Waals surface area contributed by atoms with E-state index in [9.17, 15) is 0 Å². The maximum absolute atomic E-state index is 2.42. The summed E-state index contributed by atoms with van der Waals surface area (Å²) in [6, 6.07) is 28.7. The van der Waals surface area contributed by atoms with Crippen molar-refractivity contribution in [1.29, 1.82) is 0 Å². The SMILES string of the molecule is CCCCc1ccc([As](c2ccc(CCCC)cc2)c2ccc(CCCC)cc2)cc1. The van der Waals surface area contributed by atoms with Crippen molar-refractivity contribution in [2.45, 2.75) is 78.6 Å². The van der Waals surface area contributed by atoms with Crippen LogP contribution < -0.4 is 13.1 Å². The molecule has 0 heterocycles. The monoisotopic (exact) mass is 474 g/mol. The molecule has 0 amide bonds. The standard InChI is InChI=1S/C30H39As/c1-4-7-10-25-13-19-28(20-14-25)31(29-21-15-26(16-22-29)11-8-5-2)30-23-17-27(18-24-30)12-9-6-3/h13-24H,4-12H2,1-3H3. The van der Waals surface area contributed by atoms with Crippen molar-refractivity contribution in [3.63, 3.8) is 0 Å². The molecule has 3 aromatic carbocycles. The van der Waals surface area contributed by atoms with E-state index in [1.807, 2.05) is 0 Å². The van der Waals surface area contributed by atoms with Gasteiger partial charge in [-0.1, -0.05) is 0 Å². The predicted octanol–water partition coefficient (Wildman–Crippen LogP) is 6.23. The van der Waals surface area contributed by atoms with E-state index < -0.39 is 14.7 Å². The summed E-state index contributed by atoms with van der Waals surface area (Å²) in [5.41, 5.74) is 4.43. The van der Waals surface area contributed by atoms with Gasteiger partial charge in [0, 0.05) is 0 Å². The number of aryl methyl sites for hydroxylation is 3. The van der Waals surface area contributed by atoms with Crippen molar-refractivity contribution in [3.05, 3.63) is 89.5 Å². The predicted molar refractivity (Wildman–Crippen MR) is 140 cm³/mol. The van der Waals surface area contributed by atoms with Crippen molar-refractivity contribution >= 4 is 27.7 Å². The maximum atomic E-state index is 2.42. The summed E-state index contributed by atoms with van der Waals surface area (Å²) >= 11 is -1.54. The third kappa shape index (κ3) is 7.11. The molecule has 164 valence electrons. The molecule has 0 N–H and O–H groups in total. The van der Waals surface area contributed by atoms with Crippen molar-refractivity contribution in [2.24, 2.45) is 0 Å². The zero-order chi connectivity index (χ0) is 21.9. The molecule has 0 saturated carbocycles. The molecule has 3 rings (SSSR count). The van der Waals surface area contributed by atoms with Crippen LogP contribution in [0.25, 0.3) is 0 Å². The van der Waals surface area contributed by atoms with Crippen LogP contribution in [0.15, 0.2) is 72.8 Å². The van der Waals surface area contributed by atoms with Gasteiger partial charge >= 0.3 is 196 Å². The molecular formula is C30H39As. The first-order valence-electron chi connectivity index (χ1n) is 12.3. The fourth-order valence-corrected chi connectivity index (χ4v) is 8.72. The number of hydrogen-bond acceptors (Lipinski definition) is 0.